The van der Waals surface area contributed by atoms with Crippen molar-refractivity contribution in [3.05, 3.63) is 23.9 Å². The molecule has 1 aliphatic rings. The molecule has 0 bridgehead atoms. The Bertz CT molecular complexity index is 400. The zero-order valence-corrected chi connectivity index (χ0v) is 12.5. The lowest BCUT2D eigenvalue weighted by Crippen LogP contribution is -2.25. The molecular weight excluding hydrogens is 254 g/mol. The Hall–Kier alpha value is -1.17. The van der Waals surface area contributed by atoms with Crippen molar-refractivity contribution in [3.8, 4) is 0 Å². The third-order valence-electron chi connectivity index (χ3n) is 3.65. The molecule has 0 saturated carbocycles. The molecule has 5 heteroatoms. The van der Waals surface area contributed by atoms with E-state index >= 15 is 0 Å². The van der Waals surface area contributed by atoms with Gasteiger partial charge in [0.1, 0.15) is 5.82 Å². The first-order chi connectivity index (χ1) is 9.85. The van der Waals surface area contributed by atoms with Crippen molar-refractivity contribution in [2.75, 3.05) is 52.0 Å². The van der Waals surface area contributed by atoms with Crippen molar-refractivity contribution >= 4 is 5.82 Å². The number of ether oxygens (including phenoxy) is 2. The molecule has 0 aromatic carbocycles. The van der Waals surface area contributed by atoms with Gasteiger partial charge in [0.15, 0.2) is 0 Å². The van der Waals surface area contributed by atoms with Crippen molar-refractivity contribution in [3.63, 3.8) is 0 Å². The largest absolute Gasteiger partial charge is 0.384 e. The number of pyridine rings is 1. The van der Waals surface area contributed by atoms with Gasteiger partial charge in [0.2, 0.25) is 0 Å². The van der Waals surface area contributed by atoms with Crippen molar-refractivity contribution in [2.45, 2.75) is 13.0 Å². The van der Waals surface area contributed by atoms with Crippen LogP contribution in [-0.4, -0.2) is 52.1 Å². The van der Waals surface area contributed by atoms with Crippen molar-refractivity contribution < 1.29 is 9.47 Å². The molecule has 0 amide bonds. The van der Waals surface area contributed by atoms with Gasteiger partial charge in [0, 0.05) is 58.1 Å². The number of methoxy groups -OCH3 is 2. The van der Waals surface area contributed by atoms with Crippen LogP contribution in [0, 0.1) is 5.92 Å². The van der Waals surface area contributed by atoms with Gasteiger partial charge >= 0.3 is 0 Å². The smallest absolute Gasteiger partial charge is 0.133 e. The predicted molar refractivity (Wildman–Crippen MR) is 80.0 cm³/mol. The van der Waals surface area contributed by atoms with Gasteiger partial charge in [0.25, 0.3) is 0 Å². The first-order valence-corrected chi connectivity index (χ1v) is 7.22. The van der Waals surface area contributed by atoms with E-state index in [4.69, 9.17) is 9.47 Å². The van der Waals surface area contributed by atoms with Crippen LogP contribution in [0.1, 0.15) is 12.0 Å². The molecular formula is C15H25N3O2. The van der Waals surface area contributed by atoms with Gasteiger partial charge in [-0.2, -0.15) is 0 Å². The average molecular weight is 279 g/mol. The molecule has 1 aromatic heterocycles. The number of nitrogens with zero attached hydrogens (tertiary/aromatic N) is 2. The minimum atomic E-state index is 0.622. The highest BCUT2D eigenvalue weighted by Gasteiger charge is 2.24. The lowest BCUT2D eigenvalue weighted by atomic mass is 10.1. The van der Waals surface area contributed by atoms with E-state index in [1.165, 1.54) is 12.0 Å². The van der Waals surface area contributed by atoms with Gasteiger partial charge in [-0.15, -0.1) is 0 Å². The van der Waals surface area contributed by atoms with Crippen molar-refractivity contribution in [1.82, 2.24) is 10.3 Å². The molecule has 1 aromatic rings. The highest BCUT2D eigenvalue weighted by molar-refractivity contribution is 5.47. The molecule has 1 unspecified atom stereocenters. The number of aromatic nitrogens is 1. The number of hydrogen-bond acceptors (Lipinski definition) is 5. The van der Waals surface area contributed by atoms with Crippen LogP contribution in [0.2, 0.25) is 0 Å². The van der Waals surface area contributed by atoms with E-state index < -0.39 is 0 Å². The van der Waals surface area contributed by atoms with E-state index in [9.17, 15) is 0 Å². The lowest BCUT2D eigenvalue weighted by Gasteiger charge is -2.21. The van der Waals surface area contributed by atoms with Gasteiger partial charge in [-0.3, -0.25) is 0 Å². The summed E-state index contributed by atoms with van der Waals surface area (Å²) in [7, 11) is 3.49. The van der Waals surface area contributed by atoms with E-state index in [1.807, 2.05) is 12.3 Å². The maximum Gasteiger partial charge on any atom is 0.133 e. The van der Waals surface area contributed by atoms with Crippen molar-refractivity contribution in [1.29, 1.82) is 0 Å². The molecule has 1 fully saturated rings. The van der Waals surface area contributed by atoms with Crippen LogP contribution in [0.4, 0.5) is 5.82 Å². The lowest BCUT2D eigenvalue weighted by molar-refractivity contribution is 0.161. The summed E-state index contributed by atoms with van der Waals surface area (Å²) in [6.07, 6.45) is 3.05. The van der Waals surface area contributed by atoms with Crippen LogP contribution in [-0.2, 0) is 16.0 Å². The highest BCUT2D eigenvalue weighted by Crippen LogP contribution is 2.25. The quantitative estimate of drug-likeness (QED) is 0.727. The SMILES string of the molecule is COCCNCc1cccnc1N1CCC(COC)C1. The van der Waals surface area contributed by atoms with Crippen molar-refractivity contribution in [2.24, 2.45) is 5.92 Å². The monoisotopic (exact) mass is 279 g/mol. The van der Waals surface area contributed by atoms with Crippen LogP contribution in [0.5, 0.6) is 0 Å². The Morgan fingerprint density at radius 1 is 1.40 bits per heavy atom. The van der Waals surface area contributed by atoms with Crippen LogP contribution in [0.25, 0.3) is 0 Å². The number of nitrogens with one attached hydrogen (secondary N) is 1. The first-order valence-electron chi connectivity index (χ1n) is 7.22. The maximum absolute atomic E-state index is 5.26. The fourth-order valence-electron chi connectivity index (χ4n) is 2.65. The maximum atomic E-state index is 5.26. The molecule has 1 N–H and O–H groups in total. The molecule has 2 rings (SSSR count). The van der Waals surface area contributed by atoms with Gasteiger partial charge < -0.3 is 19.7 Å². The fraction of sp³-hybridized carbons (Fsp3) is 0.667. The van der Waals surface area contributed by atoms with Crippen LogP contribution in [0.15, 0.2) is 18.3 Å². The molecule has 1 atom stereocenters. The zero-order valence-electron chi connectivity index (χ0n) is 12.5. The second-order valence-electron chi connectivity index (χ2n) is 5.21. The summed E-state index contributed by atoms with van der Waals surface area (Å²) in [5.74, 6) is 1.73. The summed E-state index contributed by atoms with van der Waals surface area (Å²) in [6, 6.07) is 4.14. The van der Waals surface area contributed by atoms with E-state index in [0.717, 1.165) is 45.2 Å². The van der Waals surface area contributed by atoms with Gasteiger partial charge in [-0.25, -0.2) is 4.98 Å². The Morgan fingerprint density at radius 3 is 3.10 bits per heavy atom. The predicted octanol–water partition coefficient (Wildman–Crippen LogP) is 1.29. The number of anilines is 1. The molecule has 0 spiro atoms. The summed E-state index contributed by atoms with van der Waals surface area (Å²) in [5.41, 5.74) is 1.25. The highest BCUT2D eigenvalue weighted by atomic mass is 16.5. The standard InChI is InChI=1S/C15H25N3O2/c1-19-9-7-16-10-14-4-3-6-17-15(14)18-8-5-13(11-18)12-20-2/h3-4,6,13,16H,5,7-12H2,1-2H3. The molecule has 1 aliphatic heterocycles. The van der Waals surface area contributed by atoms with E-state index in [-0.39, 0.29) is 0 Å². The normalized spacial score (nSPS) is 18.7. The second kappa shape index (κ2) is 8.19. The Kier molecular flexibility index (Phi) is 6.24. The molecule has 20 heavy (non-hydrogen) atoms. The summed E-state index contributed by atoms with van der Waals surface area (Å²) in [5, 5.41) is 3.39. The fourth-order valence-corrected chi connectivity index (χ4v) is 2.65. The summed E-state index contributed by atoms with van der Waals surface area (Å²) < 4.78 is 10.3. The van der Waals surface area contributed by atoms with Crippen LogP contribution >= 0.6 is 0 Å². The number of rotatable bonds is 8. The van der Waals surface area contributed by atoms with Crippen LogP contribution < -0.4 is 10.2 Å². The Balaban J connectivity index is 1.94. The minimum Gasteiger partial charge on any atom is -0.384 e. The molecule has 0 radical (unpaired) electrons. The molecule has 112 valence electrons. The Morgan fingerprint density at radius 2 is 2.30 bits per heavy atom. The summed E-state index contributed by atoms with van der Waals surface area (Å²) >= 11 is 0. The zero-order chi connectivity index (χ0) is 14.2. The van der Waals surface area contributed by atoms with Gasteiger partial charge in [-0.05, 0) is 12.5 Å². The third kappa shape index (κ3) is 4.16. The van der Waals surface area contributed by atoms with Crippen LogP contribution in [0.3, 0.4) is 0 Å². The average Bonchev–Trinajstić information content (AvgIpc) is 2.93. The summed E-state index contributed by atoms with van der Waals surface area (Å²) in [4.78, 5) is 6.94. The molecule has 5 nitrogen and oxygen atoms in total. The molecule has 1 saturated heterocycles. The van der Waals surface area contributed by atoms with Gasteiger partial charge in [0.05, 0.1) is 13.2 Å². The second-order valence-corrected chi connectivity index (χ2v) is 5.21. The molecule has 2 heterocycles. The van der Waals surface area contributed by atoms with E-state index in [1.54, 1.807) is 14.2 Å². The Labute approximate surface area is 121 Å². The number of hydrogen-bond donors (Lipinski definition) is 1. The third-order valence-corrected chi connectivity index (χ3v) is 3.65. The minimum absolute atomic E-state index is 0.622. The van der Waals surface area contributed by atoms with E-state index in [0.29, 0.717) is 5.92 Å². The van der Waals surface area contributed by atoms with Gasteiger partial charge in [-0.1, -0.05) is 6.07 Å². The topological polar surface area (TPSA) is 46.6 Å². The molecule has 0 aliphatic carbocycles. The first kappa shape index (κ1) is 15.2. The van der Waals surface area contributed by atoms with E-state index in [2.05, 4.69) is 21.3 Å². The summed E-state index contributed by atoms with van der Waals surface area (Å²) in [6.45, 7) is 5.36.